The maximum Gasteiger partial charge on any atom is 0.0408 e. The number of rotatable bonds is 3. The molecule has 0 heterocycles. The van der Waals surface area contributed by atoms with Crippen LogP contribution in [0.5, 0.6) is 0 Å². The van der Waals surface area contributed by atoms with Crippen molar-refractivity contribution in [2.24, 2.45) is 29.6 Å². The van der Waals surface area contributed by atoms with Gasteiger partial charge in [-0.3, -0.25) is 0 Å². The molecule has 4 saturated carbocycles. The van der Waals surface area contributed by atoms with E-state index in [2.05, 4.69) is 34.1 Å². The highest BCUT2D eigenvalue weighted by Crippen LogP contribution is 2.58. The van der Waals surface area contributed by atoms with Crippen LogP contribution >= 0.6 is 27.5 Å². The maximum atomic E-state index is 6.12. The molecule has 0 spiro atoms. The van der Waals surface area contributed by atoms with Gasteiger partial charge in [0.25, 0.3) is 0 Å². The minimum absolute atomic E-state index is 0.635. The van der Waals surface area contributed by atoms with Gasteiger partial charge in [-0.1, -0.05) is 39.7 Å². The largest absolute Gasteiger partial charge is 0.0884 e. The number of alkyl halides is 1. The Morgan fingerprint density at radius 1 is 1.05 bits per heavy atom. The smallest absolute Gasteiger partial charge is 0.0408 e. The van der Waals surface area contributed by atoms with Crippen molar-refractivity contribution in [3.05, 3.63) is 34.9 Å². The molecule has 1 aromatic carbocycles. The molecule has 0 amide bonds. The van der Waals surface area contributed by atoms with Crippen LogP contribution in [0.15, 0.2) is 24.3 Å². The van der Waals surface area contributed by atoms with Crippen molar-refractivity contribution in [1.29, 1.82) is 0 Å². The van der Waals surface area contributed by atoms with Crippen LogP contribution in [0.1, 0.15) is 37.7 Å². The Bertz CT molecular complexity index is 470. The molecule has 0 saturated heterocycles. The summed E-state index contributed by atoms with van der Waals surface area (Å²) in [5.74, 6) is 5.03. The average Bonchev–Trinajstić information content (AvgIpc) is 2.37. The predicted molar refractivity (Wildman–Crippen MR) is 88.4 cm³/mol. The number of hydrogen-bond acceptors (Lipinski definition) is 0. The van der Waals surface area contributed by atoms with Crippen molar-refractivity contribution in [2.75, 3.05) is 0 Å². The monoisotopic (exact) mass is 352 g/mol. The van der Waals surface area contributed by atoms with Crippen LogP contribution in [0.25, 0.3) is 0 Å². The van der Waals surface area contributed by atoms with Gasteiger partial charge in [-0.05, 0) is 85.8 Å². The first-order valence-corrected chi connectivity index (χ1v) is 9.37. The van der Waals surface area contributed by atoms with E-state index in [0.29, 0.717) is 4.83 Å². The Morgan fingerprint density at radius 3 is 2.30 bits per heavy atom. The van der Waals surface area contributed by atoms with Crippen molar-refractivity contribution >= 4 is 27.5 Å². The predicted octanol–water partition coefficient (Wildman–Crippen LogP) is 5.72. The summed E-state index contributed by atoms with van der Waals surface area (Å²) in [6, 6.07) is 8.40. The molecule has 4 aliphatic rings. The van der Waals surface area contributed by atoms with Crippen LogP contribution in [0.2, 0.25) is 5.02 Å². The Balaban J connectivity index is 1.50. The summed E-state index contributed by atoms with van der Waals surface area (Å²) in [5, 5.41) is 0.868. The lowest BCUT2D eigenvalue weighted by molar-refractivity contribution is -0.0360. The first kappa shape index (κ1) is 13.6. The Kier molecular flexibility index (Phi) is 3.63. The van der Waals surface area contributed by atoms with Gasteiger partial charge in [0.2, 0.25) is 0 Å². The molecule has 4 bridgehead atoms. The number of benzene rings is 1. The second-order valence-electron chi connectivity index (χ2n) is 7.36. The second kappa shape index (κ2) is 5.32. The van der Waals surface area contributed by atoms with E-state index in [0.717, 1.165) is 41.0 Å². The molecule has 0 aliphatic heterocycles. The quantitative estimate of drug-likeness (QED) is 0.610. The molecule has 5 rings (SSSR count). The van der Waals surface area contributed by atoms with Gasteiger partial charge in [0.1, 0.15) is 0 Å². The van der Waals surface area contributed by atoms with Crippen LogP contribution in [0, 0.1) is 29.6 Å². The zero-order chi connectivity index (χ0) is 13.7. The fraction of sp³-hybridized carbons (Fsp3) is 0.667. The van der Waals surface area contributed by atoms with Gasteiger partial charge in [0.05, 0.1) is 0 Å². The molecule has 0 nitrogen and oxygen atoms in total. The van der Waals surface area contributed by atoms with E-state index in [1.165, 1.54) is 31.2 Å². The topological polar surface area (TPSA) is 0 Å². The zero-order valence-corrected chi connectivity index (χ0v) is 14.1. The van der Waals surface area contributed by atoms with E-state index >= 15 is 0 Å². The summed E-state index contributed by atoms with van der Waals surface area (Å²) in [7, 11) is 0. The van der Waals surface area contributed by atoms with E-state index in [1.54, 1.807) is 6.42 Å². The van der Waals surface area contributed by atoms with Crippen LogP contribution in [0.4, 0.5) is 0 Å². The zero-order valence-electron chi connectivity index (χ0n) is 11.8. The molecule has 0 aromatic heterocycles. The Morgan fingerprint density at radius 2 is 1.70 bits per heavy atom. The van der Waals surface area contributed by atoms with Crippen LogP contribution in [0.3, 0.4) is 0 Å². The maximum absolute atomic E-state index is 6.12. The van der Waals surface area contributed by atoms with Crippen molar-refractivity contribution in [3.63, 3.8) is 0 Å². The van der Waals surface area contributed by atoms with Gasteiger partial charge in [0, 0.05) is 9.85 Å². The van der Waals surface area contributed by atoms with Gasteiger partial charge < -0.3 is 0 Å². The Labute approximate surface area is 135 Å². The summed E-state index contributed by atoms with van der Waals surface area (Å²) in [6.45, 7) is 0. The molecule has 0 radical (unpaired) electrons. The van der Waals surface area contributed by atoms with E-state index in [-0.39, 0.29) is 0 Å². The molecule has 1 aromatic rings. The third-order valence-corrected chi connectivity index (χ3v) is 7.21. The molecular formula is C18H22BrCl. The Hall–Kier alpha value is -0.0100. The molecule has 20 heavy (non-hydrogen) atoms. The van der Waals surface area contributed by atoms with E-state index < -0.39 is 0 Å². The first-order chi connectivity index (χ1) is 9.69. The third kappa shape index (κ3) is 2.46. The van der Waals surface area contributed by atoms with Crippen molar-refractivity contribution in [3.8, 4) is 0 Å². The third-order valence-electron chi connectivity index (χ3n) is 6.04. The number of hydrogen-bond donors (Lipinski definition) is 0. The highest BCUT2D eigenvalue weighted by molar-refractivity contribution is 9.09. The molecule has 4 aliphatic carbocycles. The molecular weight excluding hydrogens is 332 g/mol. The van der Waals surface area contributed by atoms with E-state index in [1.807, 2.05) is 6.07 Å². The summed E-state index contributed by atoms with van der Waals surface area (Å²) in [5.41, 5.74) is 1.38. The van der Waals surface area contributed by atoms with E-state index in [4.69, 9.17) is 11.6 Å². The molecule has 1 atom stereocenters. The highest BCUT2D eigenvalue weighted by atomic mass is 79.9. The van der Waals surface area contributed by atoms with Gasteiger partial charge in [-0.2, -0.15) is 0 Å². The lowest BCUT2D eigenvalue weighted by atomic mass is 9.51. The summed E-state index contributed by atoms with van der Waals surface area (Å²) >= 11 is 10.2. The average molecular weight is 354 g/mol. The van der Waals surface area contributed by atoms with Crippen molar-refractivity contribution in [1.82, 2.24) is 0 Å². The first-order valence-electron chi connectivity index (χ1n) is 8.07. The van der Waals surface area contributed by atoms with Gasteiger partial charge >= 0.3 is 0 Å². The SMILES string of the molecule is Clc1cccc(CC(Br)C2C3CC4CC(C3)CC2C4)c1. The van der Waals surface area contributed by atoms with Crippen LogP contribution in [-0.2, 0) is 6.42 Å². The lowest BCUT2D eigenvalue weighted by Crippen LogP contribution is -2.48. The molecule has 108 valence electrons. The van der Waals surface area contributed by atoms with Crippen LogP contribution in [-0.4, -0.2) is 4.83 Å². The number of halogens is 2. The fourth-order valence-electron chi connectivity index (χ4n) is 5.58. The fourth-order valence-corrected chi connectivity index (χ4v) is 7.03. The van der Waals surface area contributed by atoms with Gasteiger partial charge in [-0.25, -0.2) is 0 Å². The normalized spacial score (nSPS) is 40.0. The highest BCUT2D eigenvalue weighted by Gasteiger charge is 2.49. The second-order valence-corrected chi connectivity index (χ2v) is 8.97. The van der Waals surface area contributed by atoms with Crippen LogP contribution < -0.4 is 0 Å². The summed E-state index contributed by atoms with van der Waals surface area (Å²) in [6.07, 6.45) is 8.71. The lowest BCUT2D eigenvalue weighted by Gasteiger charge is -2.55. The minimum Gasteiger partial charge on any atom is -0.0884 e. The van der Waals surface area contributed by atoms with Gasteiger partial charge in [-0.15, -0.1) is 0 Å². The minimum atomic E-state index is 0.635. The van der Waals surface area contributed by atoms with Crippen molar-refractivity contribution < 1.29 is 0 Å². The molecule has 4 fully saturated rings. The van der Waals surface area contributed by atoms with Crippen molar-refractivity contribution in [2.45, 2.75) is 43.4 Å². The van der Waals surface area contributed by atoms with E-state index in [9.17, 15) is 0 Å². The summed E-state index contributed by atoms with van der Waals surface area (Å²) in [4.78, 5) is 0.635. The standard InChI is InChI=1S/C18H22BrCl/c19-17(10-11-2-1-3-16(20)9-11)18-14-5-12-4-13(7-14)8-15(18)6-12/h1-3,9,12-15,17-18H,4-8,10H2. The van der Waals surface area contributed by atoms with Gasteiger partial charge in [0.15, 0.2) is 0 Å². The molecule has 1 unspecified atom stereocenters. The molecule has 0 N–H and O–H groups in total. The molecule has 2 heteroatoms. The summed E-state index contributed by atoms with van der Waals surface area (Å²) < 4.78 is 0.